The number of pyridine rings is 1. The Balaban J connectivity index is 2.53. The molecule has 0 aliphatic rings. The summed E-state index contributed by atoms with van der Waals surface area (Å²) in [4.78, 5) is 4.19. The molecule has 0 N–H and O–H groups in total. The predicted molar refractivity (Wildman–Crippen MR) is 81.4 cm³/mol. The zero-order valence-corrected chi connectivity index (χ0v) is 13.5. The van der Waals surface area contributed by atoms with Gasteiger partial charge in [0.25, 0.3) is 10.0 Å². The maximum atomic E-state index is 12.9. The van der Waals surface area contributed by atoms with E-state index in [-0.39, 0.29) is 10.4 Å². The fourth-order valence-electron chi connectivity index (χ4n) is 1.95. The number of nitrogens with zero attached hydrogens (tertiary/aromatic N) is 4. The Kier molecular flexibility index (Phi) is 4.04. The fraction of sp³-hybridized carbons (Fsp3) is 0.429. The van der Waals surface area contributed by atoms with Gasteiger partial charge in [0.15, 0.2) is 5.03 Å². The molecule has 0 aliphatic heterocycles. The normalized spacial score (nSPS) is 12.4. The van der Waals surface area contributed by atoms with E-state index in [1.165, 1.54) is 21.3 Å². The molecule has 6 nitrogen and oxygen atoms in total. The van der Waals surface area contributed by atoms with Crippen LogP contribution in [-0.2, 0) is 17.1 Å². The van der Waals surface area contributed by atoms with Crippen LogP contribution < -0.4 is 4.31 Å². The van der Waals surface area contributed by atoms with Crippen molar-refractivity contribution in [2.75, 3.05) is 10.8 Å². The van der Waals surface area contributed by atoms with Gasteiger partial charge in [-0.15, -0.1) is 0 Å². The van der Waals surface area contributed by atoms with Gasteiger partial charge < -0.3 is 0 Å². The molecule has 0 aliphatic carbocycles. The fourth-order valence-corrected chi connectivity index (χ4v) is 3.70. The monoisotopic (exact) mass is 308 g/mol. The van der Waals surface area contributed by atoms with E-state index < -0.39 is 10.0 Å². The Bertz CT molecular complexity index is 702. The maximum Gasteiger partial charge on any atom is 0.282 e. The van der Waals surface area contributed by atoms with Crippen LogP contribution in [0.15, 0.2) is 41.7 Å². The van der Waals surface area contributed by atoms with Crippen LogP contribution in [0.1, 0.15) is 20.8 Å². The topological polar surface area (TPSA) is 68.1 Å². The van der Waals surface area contributed by atoms with E-state index in [0.29, 0.717) is 12.4 Å². The lowest BCUT2D eigenvalue weighted by atomic mass is 9.97. The minimum absolute atomic E-state index is 0.150. The highest BCUT2D eigenvalue weighted by atomic mass is 32.2. The quantitative estimate of drug-likeness (QED) is 0.867. The highest BCUT2D eigenvalue weighted by molar-refractivity contribution is 7.92. The van der Waals surface area contributed by atoms with Crippen LogP contribution in [0.3, 0.4) is 0 Å². The molecule has 0 spiro atoms. The lowest BCUT2D eigenvalue weighted by Crippen LogP contribution is -2.39. The molecule has 2 rings (SSSR count). The molecular formula is C14H20N4O2S. The van der Waals surface area contributed by atoms with Crippen LogP contribution >= 0.6 is 0 Å². The van der Waals surface area contributed by atoms with E-state index in [1.807, 2.05) is 20.8 Å². The zero-order valence-electron chi connectivity index (χ0n) is 12.7. The van der Waals surface area contributed by atoms with E-state index in [9.17, 15) is 8.42 Å². The van der Waals surface area contributed by atoms with Crippen molar-refractivity contribution in [3.05, 3.63) is 36.7 Å². The summed E-state index contributed by atoms with van der Waals surface area (Å²) in [6, 6.07) is 6.72. The van der Waals surface area contributed by atoms with Gasteiger partial charge in [-0.1, -0.05) is 26.8 Å². The van der Waals surface area contributed by atoms with Crippen LogP contribution in [0, 0.1) is 5.41 Å². The first-order chi connectivity index (χ1) is 9.72. The van der Waals surface area contributed by atoms with Gasteiger partial charge in [0.2, 0.25) is 0 Å². The molecule has 0 fully saturated rings. The molecule has 0 saturated carbocycles. The van der Waals surface area contributed by atoms with Crippen molar-refractivity contribution in [3.8, 4) is 0 Å². The summed E-state index contributed by atoms with van der Waals surface area (Å²) in [5, 5.41) is 4.10. The van der Waals surface area contributed by atoms with Crippen molar-refractivity contribution >= 4 is 15.8 Å². The maximum absolute atomic E-state index is 12.9. The van der Waals surface area contributed by atoms with Crippen LogP contribution in [0.5, 0.6) is 0 Å². The zero-order chi connectivity index (χ0) is 15.7. The van der Waals surface area contributed by atoms with Gasteiger partial charge in [-0.3, -0.25) is 4.68 Å². The van der Waals surface area contributed by atoms with Gasteiger partial charge in [0.1, 0.15) is 5.82 Å². The molecule has 0 aromatic carbocycles. The molecule has 2 aromatic heterocycles. The van der Waals surface area contributed by atoms with E-state index in [1.54, 1.807) is 31.4 Å². The Labute approximate surface area is 125 Å². The molecule has 21 heavy (non-hydrogen) atoms. The number of hydrogen-bond acceptors (Lipinski definition) is 4. The first-order valence-corrected chi connectivity index (χ1v) is 8.07. The highest BCUT2D eigenvalue weighted by Crippen LogP contribution is 2.26. The van der Waals surface area contributed by atoms with Gasteiger partial charge in [0, 0.05) is 19.8 Å². The lowest BCUT2D eigenvalue weighted by molar-refractivity contribution is 0.424. The van der Waals surface area contributed by atoms with Crippen molar-refractivity contribution in [2.45, 2.75) is 25.8 Å². The molecule has 0 amide bonds. The molecule has 0 saturated heterocycles. The number of rotatable bonds is 4. The number of sulfonamides is 1. The van der Waals surface area contributed by atoms with E-state index in [4.69, 9.17) is 0 Å². The number of anilines is 1. The van der Waals surface area contributed by atoms with Gasteiger partial charge in [-0.2, -0.15) is 13.5 Å². The van der Waals surface area contributed by atoms with Gasteiger partial charge in [0.05, 0.1) is 6.20 Å². The summed E-state index contributed by atoms with van der Waals surface area (Å²) in [6.45, 7) is 6.29. The minimum atomic E-state index is -3.70. The third-order valence-electron chi connectivity index (χ3n) is 2.85. The van der Waals surface area contributed by atoms with Crippen molar-refractivity contribution in [3.63, 3.8) is 0 Å². The lowest BCUT2D eigenvalue weighted by Gasteiger charge is -2.30. The molecule has 0 unspecified atom stereocenters. The predicted octanol–water partition coefficient (Wildman–Crippen LogP) is 2.06. The number of aryl methyl sites for hydroxylation is 1. The molecule has 2 heterocycles. The summed E-state index contributed by atoms with van der Waals surface area (Å²) in [7, 11) is -2.09. The summed E-state index contributed by atoms with van der Waals surface area (Å²) < 4.78 is 28.5. The second-order valence-corrected chi connectivity index (χ2v) is 7.86. The summed E-state index contributed by atoms with van der Waals surface area (Å²) in [5.41, 5.74) is -0.205. The van der Waals surface area contributed by atoms with Gasteiger partial charge in [-0.05, 0) is 23.6 Å². The van der Waals surface area contributed by atoms with Crippen molar-refractivity contribution in [1.29, 1.82) is 0 Å². The molecular weight excluding hydrogens is 288 g/mol. The molecule has 0 bridgehead atoms. The minimum Gasteiger partial charge on any atom is -0.256 e. The smallest absolute Gasteiger partial charge is 0.256 e. The highest BCUT2D eigenvalue weighted by Gasteiger charge is 2.31. The molecule has 114 valence electrons. The second kappa shape index (κ2) is 5.48. The van der Waals surface area contributed by atoms with Crippen LogP contribution in [0.25, 0.3) is 0 Å². The van der Waals surface area contributed by atoms with Crippen LogP contribution in [0.2, 0.25) is 0 Å². The van der Waals surface area contributed by atoms with Crippen molar-refractivity contribution in [1.82, 2.24) is 14.8 Å². The summed E-state index contributed by atoms with van der Waals surface area (Å²) in [5.74, 6) is 0.411. The largest absolute Gasteiger partial charge is 0.282 e. The first-order valence-electron chi connectivity index (χ1n) is 6.63. The average molecular weight is 308 g/mol. The Morgan fingerprint density at radius 3 is 2.38 bits per heavy atom. The SMILES string of the molecule is Cn1nccc1S(=O)(=O)N(CC(C)(C)C)c1ccccn1. The average Bonchev–Trinajstić information content (AvgIpc) is 2.83. The third-order valence-corrected chi connectivity index (χ3v) is 4.68. The Morgan fingerprint density at radius 1 is 1.19 bits per heavy atom. The number of aromatic nitrogens is 3. The number of hydrogen-bond donors (Lipinski definition) is 0. The van der Waals surface area contributed by atoms with E-state index in [0.717, 1.165) is 0 Å². The van der Waals surface area contributed by atoms with Gasteiger partial charge in [-0.25, -0.2) is 9.29 Å². The standard InChI is InChI=1S/C14H20N4O2S/c1-14(2,3)11-18(12-7-5-6-9-15-12)21(19,20)13-8-10-16-17(13)4/h5-10H,11H2,1-4H3. The molecule has 0 atom stereocenters. The first kappa shape index (κ1) is 15.5. The van der Waals surface area contributed by atoms with Gasteiger partial charge >= 0.3 is 0 Å². The summed E-state index contributed by atoms with van der Waals surface area (Å²) >= 11 is 0. The van der Waals surface area contributed by atoms with Crippen LogP contribution in [0.4, 0.5) is 5.82 Å². The van der Waals surface area contributed by atoms with Crippen molar-refractivity contribution in [2.24, 2.45) is 12.5 Å². The van der Waals surface area contributed by atoms with E-state index >= 15 is 0 Å². The molecule has 7 heteroatoms. The van der Waals surface area contributed by atoms with Crippen LogP contribution in [-0.4, -0.2) is 29.7 Å². The second-order valence-electron chi connectivity index (χ2n) is 6.05. The Morgan fingerprint density at radius 2 is 1.90 bits per heavy atom. The Hall–Kier alpha value is -1.89. The van der Waals surface area contributed by atoms with E-state index in [2.05, 4.69) is 10.1 Å². The molecule has 2 aromatic rings. The third kappa shape index (κ3) is 3.41. The van der Waals surface area contributed by atoms with Crippen molar-refractivity contribution < 1.29 is 8.42 Å². The molecule has 0 radical (unpaired) electrons. The summed E-state index contributed by atoms with van der Waals surface area (Å²) in [6.07, 6.45) is 3.06.